The number of amides is 2. The number of piperidine rings is 1. The van der Waals surface area contributed by atoms with E-state index in [4.69, 9.17) is 11.6 Å². The van der Waals surface area contributed by atoms with E-state index in [9.17, 15) is 14.0 Å². The van der Waals surface area contributed by atoms with E-state index in [0.717, 1.165) is 37.6 Å². The number of anilines is 2. The normalized spacial score (nSPS) is 18.8. The predicted molar refractivity (Wildman–Crippen MR) is 103 cm³/mol. The zero-order valence-electron chi connectivity index (χ0n) is 14.8. The minimum atomic E-state index is -0.598. The Morgan fingerprint density at radius 2 is 2.04 bits per heavy atom. The third-order valence-corrected chi connectivity index (χ3v) is 5.46. The molecule has 5 nitrogen and oxygen atoms in total. The van der Waals surface area contributed by atoms with E-state index in [0.29, 0.717) is 11.1 Å². The number of carbonyl (C=O) groups excluding carboxylic acids is 2. The molecule has 2 aromatic rings. The maximum Gasteiger partial charge on any atom is 0.257 e. The average Bonchev–Trinajstić information content (AvgIpc) is 2.68. The molecule has 1 atom stereocenters. The summed E-state index contributed by atoms with van der Waals surface area (Å²) >= 11 is 5.74. The number of hydrogen-bond donors (Lipinski definition) is 1. The van der Waals surface area contributed by atoms with Gasteiger partial charge in [-0.25, -0.2) is 4.39 Å². The van der Waals surface area contributed by atoms with Crippen molar-refractivity contribution in [3.8, 4) is 0 Å². The second kappa shape index (κ2) is 6.85. The molecule has 1 unspecified atom stereocenters. The van der Waals surface area contributed by atoms with E-state index in [1.807, 2.05) is 11.9 Å². The van der Waals surface area contributed by atoms with Gasteiger partial charge < -0.3 is 15.1 Å². The Bertz CT molecular complexity index is 933. The van der Waals surface area contributed by atoms with Crippen LogP contribution in [-0.2, 0) is 0 Å². The van der Waals surface area contributed by atoms with Crippen molar-refractivity contribution in [2.24, 2.45) is 0 Å². The number of rotatable bonds is 2. The van der Waals surface area contributed by atoms with Crippen molar-refractivity contribution in [2.75, 3.05) is 23.8 Å². The molecule has 1 N–H and O–H groups in total. The van der Waals surface area contributed by atoms with Crippen LogP contribution in [0.15, 0.2) is 36.4 Å². The lowest BCUT2D eigenvalue weighted by molar-refractivity contribution is 0.0589. The molecule has 0 bridgehead atoms. The van der Waals surface area contributed by atoms with Crippen LogP contribution in [0.1, 0.15) is 40.0 Å². The Hall–Kier alpha value is -2.60. The van der Waals surface area contributed by atoms with Gasteiger partial charge in [-0.1, -0.05) is 11.6 Å². The molecule has 0 radical (unpaired) electrons. The van der Waals surface area contributed by atoms with Crippen molar-refractivity contribution < 1.29 is 14.0 Å². The van der Waals surface area contributed by atoms with Crippen LogP contribution in [-0.4, -0.2) is 36.5 Å². The van der Waals surface area contributed by atoms with Crippen molar-refractivity contribution in [3.05, 3.63) is 58.4 Å². The number of carbonyl (C=O) groups is 2. The number of hydrogen-bond acceptors (Lipinski definition) is 3. The molecule has 2 aromatic carbocycles. The maximum absolute atomic E-state index is 13.9. The first-order chi connectivity index (χ1) is 13.0. The first-order valence-electron chi connectivity index (χ1n) is 8.90. The molecule has 0 aliphatic carbocycles. The van der Waals surface area contributed by atoms with Gasteiger partial charge in [0.05, 0.1) is 16.9 Å². The summed E-state index contributed by atoms with van der Waals surface area (Å²) in [4.78, 5) is 29.3. The molecule has 2 heterocycles. The number of fused-ring (bicyclic) bond motifs is 2. The molecule has 1 saturated heterocycles. The smallest absolute Gasteiger partial charge is 0.257 e. The first kappa shape index (κ1) is 17.8. The maximum atomic E-state index is 13.9. The molecule has 2 aliphatic rings. The SMILES string of the molecule is CN1c2cc(C(=O)Nc3ccc(Cl)cc3F)ccc2C(=O)N2CCCCC21. The lowest BCUT2D eigenvalue weighted by atomic mass is 9.97. The molecule has 7 heteroatoms. The highest BCUT2D eigenvalue weighted by Crippen LogP contribution is 2.35. The molecular weight excluding hydrogens is 369 g/mol. The lowest BCUT2D eigenvalue weighted by Gasteiger charge is -2.46. The van der Waals surface area contributed by atoms with Gasteiger partial charge in [0.2, 0.25) is 0 Å². The molecule has 4 rings (SSSR count). The van der Waals surface area contributed by atoms with Crippen molar-refractivity contribution >= 4 is 34.8 Å². The Morgan fingerprint density at radius 3 is 2.81 bits per heavy atom. The standard InChI is InChI=1S/C20H19ClFN3O2/c1-24-17-10-12(19(26)23-16-8-6-13(21)11-15(16)22)5-7-14(17)20(27)25-9-3-2-4-18(24)25/h5-8,10-11,18H,2-4,9H2,1H3,(H,23,26). The van der Waals surface area contributed by atoms with Crippen LogP contribution in [0.2, 0.25) is 5.02 Å². The summed E-state index contributed by atoms with van der Waals surface area (Å²) < 4.78 is 13.9. The zero-order valence-corrected chi connectivity index (χ0v) is 15.6. The van der Waals surface area contributed by atoms with Crippen molar-refractivity contribution in [2.45, 2.75) is 25.4 Å². The average molecular weight is 388 g/mol. The molecule has 0 aromatic heterocycles. The highest BCUT2D eigenvalue weighted by atomic mass is 35.5. The van der Waals surface area contributed by atoms with Crippen molar-refractivity contribution in [1.29, 1.82) is 0 Å². The summed E-state index contributed by atoms with van der Waals surface area (Å²) in [5.74, 6) is -1.03. The summed E-state index contributed by atoms with van der Waals surface area (Å²) in [5, 5.41) is 2.82. The number of nitrogens with one attached hydrogen (secondary N) is 1. The second-order valence-electron chi connectivity index (χ2n) is 6.90. The summed E-state index contributed by atoms with van der Waals surface area (Å²) in [7, 11) is 1.94. The summed E-state index contributed by atoms with van der Waals surface area (Å²) in [6.07, 6.45) is 3.02. The van der Waals surface area contributed by atoms with Gasteiger partial charge in [-0.15, -0.1) is 0 Å². The van der Waals surface area contributed by atoms with Crippen LogP contribution in [0.3, 0.4) is 0 Å². The largest absolute Gasteiger partial charge is 0.354 e. The fraction of sp³-hybridized carbons (Fsp3) is 0.300. The van der Waals surface area contributed by atoms with E-state index in [2.05, 4.69) is 10.2 Å². The molecule has 27 heavy (non-hydrogen) atoms. The van der Waals surface area contributed by atoms with Gasteiger partial charge in [-0.05, 0) is 55.7 Å². The van der Waals surface area contributed by atoms with Gasteiger partial charge in [0.15, 0.2) is 0 Å². The predicted octanol–water partition coefficient (Wildman–Crippen LogP) is 4.13. The van der Waals surface area contributed by atoms with Gasteiger partial charge in [-0.3, -0.25) is 9.59 Å². The quantitative estimate of drug-likeness (QED) is 0.842. The zero-order chi connectivity index (χ0) is 19.1. The number of benzene rings is 2. The Kier molecular flexibility index (Phi) is 4.52. The second-order valence-corrected chi connectivity index (χ2v) is 7.33. The van der Waals surface area contributed by atoms with Crippen molar-refractivity contribution in [1.82, 2.24) is 4.90 Å². The first-order valence-corrected chi connectivity index (χ1v) is 9.28. The summed E-state index contributed by atoms with van der Waals surface area (Å²) in [6, 6.07) is 9.04. The van der Waals surface area contributed by atoms with E-state index >= 15 is 0 Å². The number of halogens is 2. The summed E-state index contributed by atoms with van der Waals surface area (Å²) in [5.41, 5.74) is 1.74. The third-order valence-electron chi connectivity index (χ3n) is 5.23. The van der Waals surface area contributed by atoms with Gasteiger partial charge in [-0.2, -0.15) is 0 Å². The number of nitrogens with zero attached hydrogens (tertiary/aromatic N) is 2. The minimum absolute atomic E-state index is 0.00324. The highest BCUT2D eigenvalue weighted by molar-refractivity contribution is 6.30. The van der Waals surface area contributed by atoms with Crippen molar-refractivity contribution in [3.63, 3.8) is 0 Å². The highest BCUT2D eigenvalue weighted by Gasteiger charge is 2.37. The van der Waals surface area contributed by atoms with E-state index < -0.39 is 11.7 Å². The van der Waals surface area contributed by atoms with Crippen LogP contribution < -0.4 is 10.2 Å². The minimum Gasteiger partial charge on any atom is -0.354 e. The Balaban J connectivity index is 1.63. The molecule has 2 aliphatic heterocycles. The summed E-state index contributed by atoms with van der Waals surface area (Å²) in [6.45, 7) is 0.755. The Morgan fingerprint density at radius 1 is 1.22 bits per heavy atom. The molecule has 140 valence electrons. The third kappa shape index (κ3) is 3.14. The fourth-order valence-electron chi connectivity index (χ4n) is 3.80. The van der Waals surface area contributed by atoms with Crippen LogP contribution >= 0.6 is 11.6 Å². The molecule has 2 amide bonds. The van der Waals surface area contributed by atoms with Gasteiger partial charge in [0, 0.05) is 24.2 Å². The van der Waals surface area contributed by atoms with Crippen LogP contribution in [0.4, 0.5) is 15.8 Å². The Labute approximate surface area is 161 Å². The molecular formula is C20H19ClFN3O2. The van der Waals surface area contributed by atoms with E-state index in [1.165, 1.54) is 12.1 Å². The topological polar surface area (TPSA) is 52.7 Å². The lowest BCUT2D eigenvalue weighted by Crippen LogP contribution is -2.55. The van der Waals surface area contributed by atoms with Gasteiger partial charge in [0.25, 0.3) is 11.8 Å². The van der Waals surface area contributed by atoms with E-state index in [-0.39, 0.29) is 22.8 Å². The molecule has 0 saturated carbocycles. The van der Waals surface area contributed by atoms with E-state index in [1.54, 1.807) is 18.2 Å². The van der Waals surface area contributed by atoms with Crippen LogP contribution in [0.5, 0.6) is 0 Å². The molecule has 0 spiro atoms. The molecule has 1 fully saturated rings. The van der Waals surface area contributed by atoms with Gasteiger partial charge in [0.1, 0.15) is 12.0 Å². The van der Waals surface area contributed by atoms with Crippen LogP contribution in [0.25, 0.3) is 0 Å². The van der Waals surface area contributed by atoms with Gasteiger partial charge >= 0.3 is 0 Å². The van der Waals surface area contributed by atoms with Crippen LogP contribution in [0, 0.1) is 5.82 Å². The fourth-order valence-corrected chi connectivity index (χ4v) is 3.96. The monoisotopic (exact) mass is 387 g/mol.